The van der Waals surface area contributed by atoms with E-state index in [2.05, 4.69) is 44.7 Å². The first-order valence-electron chi connectivity index (χ1n) is 10.3. The predicted octanol–water partition coefficient (Wildman–Crippen LogP) is 3.61. The summed E-state index contributed by atoms with van der Waals surface area (Å²) in [6.07, 6.45) is 8.32. The van der Waals surface area contributed by atoms with Crippen LogP contribution in [0.15, 0.2) is 67.3 Å². The molecule has 3 aromatic rings. The van der Waals surface area contributed by atoms with Crippen molar-refractivity contribution in [3.05, 3.63) is 78.4 Å². The molecule has 2 heterocycles. The van der Waals surface area contributed by atoms with Crippen LogP contribution in [0.4, 0.5) is 0 Å². The summed E-state index contributed by atoms with van der Waals surface area (Å²) in [6.45, 7) is 2.78. The lowest BCUT2D eigenvalue weighted by Gasteiger charge is -2.31. The summed E-state index contributed by atoms with van der Waals surface area (Å²) in [5.74, 6) is -0.0453. The van der Waals surface area contributed by atoms with E-state index in [1.807, 2.05) is 34.9 Å². The smallest absolute Gasteiger partial charge is 0.251 e. The molecule has 1 saturated heterocycles. The van der Waals surface area contributed by atoms with E-state index in [1.165, 1.54) is 31.2 Å². The van der Waals surface area contributed by atoms with Gasteiger partial charge < -0.3 is 5.32 Å². The predicted molar refractivity (Wildman–Crippen MR) is 113 cm³/mol. The van der Waals surface area contributed by atoms with Crippen molar-refractivity contribution in [3.63, 3.8) is 0 Å². The van der Waals surface area contributed by atoms with Crippen molar-refractivity contribution < 1.29 is 4.79 Å². The van der Waals surface area contributed by atoms with E-state index in [1.54, 1.807) is 12.7 Å². The van der Waals surface area contributed by atoms with Gasteiger partial charge in [0.25, 0.3) is 5.91 Å². The topological polar surface area (TPSA) is 63.1 Å². The van der Waals surface area contributed by atoms with Gasteiger partial charge in [-0.2, -0.15) is 0 Å². The summed E-state index contributed by atoms with van der Waals surface area (Å²) >= 11 is 0. The largest absolute Gasteiger partial charge is 0.350 e. The molecule has 1 aliphatic rings. The SMILES string of the molecule is O=C(NCC(c1ccccc1)N1CCCCCC1)c1ccc(-n2cnnc2)cc1. The van der Waals surface area contributed by atoms with Crippen molar-refractivity contribution in [1.82, 2.24) is 25.0 Å². The van der Waals surface area contributed by atoms with Crippen molar-refractivity contribution in [2.45, 2.75) is 31.7 Å². The highest BCUT2D eigenvalue weighted by atomic mass is 16.1. The maximum Gasteiger partial charge on any atom is 0.251 e. The molecule has 0 saturated carbocycles. The molecular weight excluding hydrogens is 362 g/mol. The van der Waals surface area contributed by atoms with Crippen LogP contribution in [0.3, 0.4) is 0 Å². The Morgan fingerprint density at radius 2 is 1.55 bits per heavy atom. The van der Waals surface area contributed by atoms with Crippen LogP contribution in [0, 0.1) is 0 Å². The minimum atomic E-state index is -0.0453. The van der Waals surface area contributed by atoms with Gasteiger partial charge in [0.15, 0.2) is 0 Å². The van der Waals surface area contributed by atoms with Crippen LogP contribution < -0.4 is 5.32 Å². The molecule has 1 atom stereocenters. The summed E-state index contributed by atoms with van der Waals surface area (Å²) in [5, 5.41) is 10.8. The van der Waals surface area contributed by atoms with Crippen molar-refractivity contribution in [2.24, 2.45) is 0 Å². The van der Waals surface area contributed by atoms with Crippen molar-refractivity contribution in [2.75, 3.05) is 19.6 Å². The van der Waals surface area contributed by atoms with Gasteiger partial charge in [0.2, 0.25) is 0 Å². The second-order valence-electron chi connectivity index (χ2n) is 7.50. The van der Waals surface area contributed by atoms with E-state index in [-0.39, 0.29) is 11.9 Å². The minimum absolute atomic E-state index is 0.0453. The van der Waals surface area contributed by atoms with E-state index in [0.717, 1.165) is 18.8 Å². The van der Waals surface area contributed by atoms with Gasteiger partial charge in [0.05, 0.1) is 6.04 Å². The summed E-state index contributed by atoms with van der Waals surface area (Å²) < 4.78 is 1.81. The molecule has 0 spiro atoms. The van der Waals surface area contributed by atoms with E-state index < -0.39 is 0 Å². The van der Waals surface area contributed by atoms with E-state index >= 15 is 0 Å². The number of rotatable bonds is 6. The molecule has 1 unspecified atom stereocenters. The Kier molecular flexibility index (Phi) is 6.32. The number of hydrogen-bond donors (Lipinski definition) is 1. The first-order valence-corrected chi connectivity index (χ1v) is 10.3. The minimum Gasteiger partial charge on any atom is -0.350 e. The van der Waals surface area contributed by atoms with Crippen LogP contribution in [0.1, 0.15) is 47.6 Å². The fourth-order valence-electron chi connectivity index (χ4n) is 3.95. The normalized spacial score (nSPS) is 16.1. The van der Waals surface area contributed by atoms with Gasteiger partial charge in [-0.25, -0.2) is 0 Å². The van der Waals surface area contributed by atoms with Crippen LogP contribution in [0.2, 0.25) is 0 Å². The molecular formula is C23H27N5O. The first kappa shape index (κ1) is 19.3. The van der Waals surface area contributed by atoms with Gasteiger partial charge in [0, 0.05) is 17.8 Å². The number of hydrogen-bond acceptors (Lipinski definition) is 4. The Morgan fingerprint density at radius 1 is 0.897 bits per heavy atom. The Balaban J connectivity index is 1.44. The average molecular weight is 390 g/mol. The van der Waals surface area contributed by atoms with E-state index in [4.69, 9.17) is 0 Å². The number of aromatic nitrogens is 3. The molecule has 6 heteroatoms. The van der Waals surface area contributed by atoms with Gasteiger partial charge in [-0.3, -0.25) is 14.3 Å². The summed E-state index contributed by atoms with van der Waals surface area (Å²) in [6, 6.07) is 18.2. The number of benzene rings is 2. The lowest BCUT2D eigenvalue weighted by atomic mass is 10.0. The van der Waals surface area contributed by atoms with Crippen molar-refractivity contribution in [3.8, 4) is 5.69 Å². The van der Waals surface area contributed by atoms with Gasteiger partial charge >= 0.3 is 0 Å². The molecule has 0 aliphatic carbocycles. The van der Waals surface area contributed by atoms with Gasteiger partial charge in [-0.15, -0.1) is 10.2 Å². The van der Waals surface area contributed by atoms with Gasteiger partial charge in [-0.1, -0.05) is 43.2 Å². The maximum absolute atomic E-state index is 12.8. The van der Waals surface area contributed by atoms with Crippen LogP contribution in [-0.2, 0) is 0 Å². The molecule has 1 amide bonds. The summed E-state index contributed by atoms with van der Waals surface area (Å²) in [5.41, 5.74) is 2.85. The number of amides is 1. The molecule has 1 N–H and O–H groups in total. The Labute approximate surface area is 171 Å². The van der Waals surface area contributed by atoms with E-state index in [0.29, 0.717) is 12.1 Å². The molecule has 2 aromatic carbocycles. The van der Waals surface area contributed by atoms with Crippen LogP contribution in [-0.4, -0.2) is 45.2 Å². The van der Waals surface area contributed by atoms with Crippen LogP contribution >= 0.6 is 0 Å². The highest BCUT2D eigenvalue weighted by molar-refractivity contribution is 5.94. The Hall–Kier alpha value is -2.99. The monoisotopic (exact) mass is 389 g/mol. The zero-order valence-corrected chi connectivity index (χ0v) is 16.6. The van der Waals surface area contributed by atoms with Gasteiger partial charge in [0.1, 0.15) is 12.7 Å². The highest BCUT2D eigenvalue weighted by Crippen LogP contribution is 2.24. The Bertz CT molecular complexity index is 885. The van der Waals surface area contributed by atoms with E-state index in [9.17, 15) is 4.79 Å². The molecule has 1 aliphatic heterocycles. The number of nitrogens with zero attached hydrogens (tertiary/aromatic N) is 4. The Morgan fingerprint density at radius 3 is 2.21 bits per heavy atom. The lowest BCUT2D eigenvalue weighted by molar-refractivity contribution is 0.0933. The number of carbonyl (C=O) groups excluding carboxylic acids is 1. The molecule has 1 aromatic heterocycles. The molecule has 29 heavy (non-hydrogen) atoms. The number of nitrogens with one attached hydrogen (secondary N) is 1. The maximum atomic E-state index is 12.8. The second kappa shape index (κ2) is 9.47. The average Bonchev–Trinajstić information content (AvgIpc) is 3.18. The molecule has 150 valence electrons. The third-order valence-electron chi connectivity index (χ3n) is 5.57. The molecule has 1 fully saturated rings. The van der Waals surface area contributed by atoms with Crippen molar-refractivity contribution in [1.29, 1.82) is 0 Å². The summed E-state index contributed by atoms with van der Waals surface area (Å²) in [7, 11) is 0. The van der Waals surface area contributed by atoms with Crippen LogP contribution in [0.5, 0.6) is 0 Å². The molecule has 0 radical (unpaired) electrons. The number of carbonyl (C=O) groups is 1. The highest BCUT2D eigenvalue weighted by Gasteiger charge is 2.22. The molecule has 0 bridgehead atoms. The zero-order valence-electron chi connectivity index (χ0n) is 16.6. The third kappa shape index (κ3) is 4.90. The lowest BCUT2D eigenvalue weighted by Crippen LogP contribution is -2.38. The third-order valence-corrected chi connectivity index (χ3v) is 5.57. The molecule has 6 nitrogen and oxygen atoms in total. The number of likely N-dealkylation sites (tertiary alicyclic amines) is 1. The fraction of sp³-hybridized carbons (Fsp3) is 0.348. The first-order chi connectivity index (χ1) is 14.3. The quantitative estimate of drug-likeness (QED) is 0.699. The van der Waals surface area contributed by atoms with Gasteiger partial charge in [-0.05, 0) is 55.8 Å². The summed E-state index contributed by atoms with van der Waals surface area (Å²) in [4.78, 5) is 15.3. The molecule has 4 rings (SSSR count). The zero-order chi connectivity index (χ0) is 19.9. The van der Waals surface area contributed by atoms with Crippen molar-refractivity contribution >= 4 is 5.91 Å². The van der Waals surface area contributed by atoms with Crippen LogP contribution in [0.25, 0.3) is 5.69 Å². The fourth-order valence-corrected chi connectivity index (χ4v) is 3.95. The second-order valence-corrected chi connectivity index (χ2v) is 7.50. The standard InChI is InChI=1S/C23H27N5O/c29-23(20-10-12-21(13-11-20)28-17-25-26-18-28)24-16-22(19-8-4-3-5-9-19)27-14-6-1-2-7-15-27/h3-5,8-13,17-18,22H,1-2,6-7,14-16H2,(H,24,29).